The molecule has 5 nitrogen and oxygen atoms in total. The molecule has 2 rings (SSSR count). The number of nitrogens with one attached hydrogen (secondary N) is 1. The average Bonchev–Trinajstić information content (AvgIpc) is 2.59. The van der Waals surface area contributed by atoms with Crippen LogP contribution in [-0.2, 0) is 10.0 Å². The molecular formula is C18H21ClN2O3S. The van der Waals surface area contributed by atoms with Crippen LogP contribution in [0.15, 0.2) is 47.4 Å². The van der Waals surface area contributed by atoms with Crippen LogP contribution in [0.1, 0.15) is 29.8 Å². The maximum atomic E-state index is 12.5. The highest BCUT2D eigenvalue weighted by molar-refractivity contribution is 7.92. The molecule has 0 fully saturated rings. The standard InChI is InChI=1S/C18H21ClN2O3S/c1-4-21(5-2)18(22)14-7-10-16(11-8-14)25(23,24)20-17-12-15(19)9-6-13(17)3/h6-12,20H,4-5H2,1-3H3. The summed E-state index contributed by atoms with van der Waals surface area (Å²) < 4.78 is 27.6. The van der Waals surface area contributed by atoms with Crippen molar-refractivity contribution >= 4 is 33.2 Å². The molecule has 0 bridgehead atoms. The number of carbonyl (C=O) groups is 1. The van der Waals surface area contributed by atoms with Crippen molar-refractivity contribution in [2.24, 2.45) is 0 Å². The van der Waals surface area contributed by atoms with Crippen molar-refractivity contribution in [3.8, 4) is 0 Å². The van der Waals surface area contributed by atoms with Gasteiger partial charge in [0.05, 0.1) is 10.6 Å². The minimum atomic E-state index is -3.76. The van der Waals surface area contributed by atoms with Crippen molar-refractivity contribution < 1.29 is 13.2 Å². The fraction of sp³-hybridized carbons (Fsp3) is 0.278. The van der Waals surface area contributed by atoms with E-state index in [1.54, 1.807) is 30.0 Å². The Bertz CT molecular complexity index is 860. The molecule has 0 aliphatic rings. The number of nitrogens with zero attached hydrogens (tertiary/aromatic N) is 1. The molecule has 0 heterocycles. The lowest BCUT2D eigenvalue weighted by atomic mass is 10.2. The molecule has 1 N–H and O–H groups in total. The van der Waals surface area contributed by atoms with E-state index in [1.807, 2.05) is 13.8 Å². The first-order chi connectivity index (χ1) is 11.8. The van der Waals surface area contributed by atoms with E-state index in [4.69, 9.17) is 11.6 Å². The zero-order valence-corrected chi connectivity index (χ0v) is 16.0. The van der Waals surface area contributed by atoms with E-state index >= 15 is 0 Å². The van der Waals surface area contributed by atoms with Gasteiger partial charge in [0.25, 0.3) is 15.9 Å². The van der Waals surface area contributed by atoms with E-state index in [9.17, 15) is 13.2 Å². The maximum Gasteiger partial charge on any atom is 0.261 e. The molecule has 2 aromatic carbocycles. The number of benzene rings is 2. The van der Waals surface area contributed by atoms with Gasteiger partial charge in [0.1, 0.15) is 0 Å². The Balaban J connectivity index is 2.26. The van der Waals surface area contributed by atoms with E-state index in [1.165, 1.54) is 24.3 Å². The van der Waals surface area contributed by atoms with E-state index < -0.39 is 10.0 Å². The zero-order valence-electron chi connectivity index (χ0n) is 14.4. The number of rotatable bonds is 6. The van der Waals surface area contributed by atoms with E-state index in [2.05, 4.69) is 4.72 Å². The van der Waals surface area contributed by atoms with Gasteiger partial charge in [-0.15, -0.1) is 0 Å². The quantitative estimate of drug-likeness (QED) is 0.825. The second kappa shape index (κ2) is 7.89. The van der Waals surface area contributed by atoms with Crippen LogP contribution in [0.5, 0.6) is 0 Å². The van der Waals surface area contributed by atoms with Gasteiger partial charge in [-0.05, 0) is 62.7 Å². The minimum absolute atomic E-state index is 0.0861. The number of aryl methyl sites for hydroxylation is 1. The van der Waals surface area contributed by atoms with Gasteiger partial charge in [0.15, 0.2) is 0 Å². The van der Waals surface area contributed by atoms with Gasteiger partial charge >= 0.3 is 0 Å². The average molecular weight is 381 g/mol. The molecule has 25 heavy (non-hydrogen) atoms. The fourth-order valence-electron chi connectivity index (χ4n) is 2.38. The summed E-state index contributed by atoms with van der Waals surface area (Å²) in [5.74, 6) is -0.118. The van der Waals surface area contributed by atoms with Gasteiger partial charge in [-0.2, -0.15) is 0 Å². The number of halogens is 1. The monoisotopic (exact) mass is 380 g/mol. The van der Waals surface area contributed by atoms with Crippen molar-refractivity contribution in [2.45, 2.75) is 25.7 Å². The highest BCUT2D eigenvalue weighted by atomic mass is 35.5. The van der Waals surface area contributed by atoms with Gasteiger partial charge in [0.2, 0.25) is 0 Å². The van der Waals surface area contributed by atoms with Crippen molar-refractivity contribution in [3.05, 3.63) is 58.6 Å². The molecule has 0 spiro atoms. The normalized spacial score (nSPS) is 11.2. The first-order valence-electron chi connectivity index (χ1n) is 7.96. The molecule has 0 radical (unpaired) electrons. The second-order valence-electron chi connectivity index (χ2n) is 5.57. The number of carbonyl (C=O) groups excluding carboxylic acids is 1. The lowest BCUT2D eigenvalue weighted by Crippen LogP contribution is -2.30. The lowest BCUT2D eigenvalue weighted by Gasteiger charge is -2.18. The smallest absolute Gasteiger partial charge is 0.261 e. The number of hydrogen-bond acceptors (Lipinski definition) is 3. The van der Waals surface area contributed by atoms with Gasteiger partial charge in [-0.1, -0.05) is 17.7 Å². The van der Waals surface area contributed by atoms with Crippen molar-refractivity contribution in [1.82, 2.24) is 4.90 Å². The molecule has 0 atom stereocenters. The Labute approximate surface area is 153 Å². The predicted octanol–water partition coefficient (Wildman–Crippen LogP) is 3.93. The predicted molar refractivity (Wildman–Crippen MR) is 101 cm³/mol. The summed E-state index contributed by atoms with van der Waals surface area (Å²) in [7, 11) is -3.76. The zero-order chi connectivity index (χ0) is 18.6. The number of sulfonamides is 1. The van der Waals surface area contributed by atoms with Crippen LogP contribution in [0.25, 0.3) is 0 Å². The Morgan fingerprint density at radius 3 is 2.24 bits per heavy atom. The molecule has 0 aliphatic heterocycles. The Morgan fingerprint density at radius 2 is 1.68 bits per heavy atom. The lowest BCUT2D eigenvalue weighted by molar-refractivity contribution is 0.0773. The topological polar surface area (TPSA) is 66.5 Å². The minimum Gasteiger partial charge on any atom is -0.339 e. The van der Waals surface area contributed by atoms with Crippen LogP contribution in [0.3, 0.4) is 0 Å². The molecule has 2 aromatic rings. The van der Waals surface area contributed by atoms with E-state index in [-0.39, 0.29) is 10.8 Å². The van der Waals surface area contributed by atoms with Crippen molar-refractivity contribution in [3.63, 3.8) is 0 Å². The third-order valence-electron chi connectivity index (χ3n) is 3.91. The van der Waals surface area contributed by atoms with E-state index in [0.717, 1.165) is 5.56 Å². The molecule has 0 aromatic heterocycles. The van der Waals surface area contributed by atoms with Gasteiger partial charge < -0.3 is 4.90 Å². The largest absolute Gasteiger partial charge is 0.339 e. The molecule has 0 saturated heterocycles. The van der Waals surface area contributed by atoms with Gasteiger partial charge in [-0.3, -0.25) is 9.52 Å². The second-order valence-corrected chi connectivity index (χ2v) is 7.69. The highest BCUT2D eigenvalue weighted by Crippen LogP contribution is 2.23. The molecule has 0 saturated carbocycles. The van der Waals surface area contributed by atoms with Crippen LogP contribution >= 0.6 is 11.6 Å². The van der Waals surface area contributed by atoms with E-state index in [0.29, 0.717) is 29.4 Å². The number of hydrogen-bond donors (Lipinski definition) is 1. The summed E-state index contributed by atoms with van der Waals surface area (Å²) in [6.45, 7) is 6.80. The molecule has 7 heteroatoms. The van der Waals surface area contributed by atoms with Gasteiger partial charge in [0, 0.05) is 23.7 Å². The third kappa shape index (κ3) is 4.52. The summed E-state index contributed by atoms with van der Waals surface area (Å²) >= 11 is 5.93. The Kier molecular flexibility index (Phi) is 6.08. The molecule has 134 valence electrons. The Hall–Kier alpha value is -2.05. The maximum absolute atomic E-state index is 12.5. The SMILES string of the molecule is CCN(CC)C(=O)c1ccc(S(=O)(=O)Nc2cc(Cl)ccc2C)cc1. The third-order valence-corrected chi connectivity index (χ3v) is 5.52. The first-order valence-corrected chi connectivity index (χ1v) is 9.83. The first kappa shape index (κ1) is 19.3. The van der Waals surface area contributed by atoms with Crippen LogP contribution < -0.4 is 4.72 Å². The summed E-state index contributed by atoms with van der Waals surface area (Å²) in [6.07, 6.45) is 0. The highest BCUT2D eigenvalue weighted by Gasteiger charge is 2.18. The summed E-state index contributed by atoms with van der Waals surface area (Å²) in [5, 5.41) is 0.448. The van der Waals surface area contributed by atoms with Crippen molar-refractivity contribution in [2.75, 3.05) is 17.8 Å². The molecular weight excluding hydrogens is 360 g/mol. The number of amides is 1. The summed E-state index contributed by atoms with van der Waals surface area (Å²) in [4.78, 5) is 14.1. The summed E-state index contributed by atoms with van der Waals surface area (Å²) in [6, 6.07) is 10.9. The van der Waals surface area contributed by atoms with Crippen molar-refractivity contribution in [1.29, 1.82) is 0 Å². The fourth-order valence-corrected chi connectivity index (χ4v) is 3.67. The Morgan fingerprint density at radius 1 is 1.08 bits per heavy atom. The molecule has 0 unspecified atom stereocenters. The molecule has 1 amide bonds. The number of anilines is 1. The van der Waals surface area contributed by atoms with Crippen LogP contribution in [0.2, 0.25) is 5.02 Å². The van der Waals surface area contributed by atoms with Gasteiger partial charge in [-0.25, -0.2) is 8.42 Å². The molecule has 0 aliphatic carbocycles. The van der Waals surface area contributed by atoms with Crippen LogP contribution in [0.4, 0.5) is 5.69 Å². The summed E-state index contributed by atoms with van der Waals surface area (Å²) in [5.41, 5.74) is 1.65. The van der Waals surface area contributed by atoms with Crippen LogP contribution in [-0.4, -0.2) is 32.3 Å². The van der Waals surface area contributed by atoms with Crippen LogP contribution in [0, 0.1) is 6.92 Å².